The second-order valence-corrected chi connectivity index (χ2v) is 10.5. The van der Waals surface area contributed by atoms with Crippen molar-refractivity contribution in [1.82, 2.24) is 0 Å². The van der Waals surface area contributed by atoms with Gasteiger partial charge < -0.3 is 9.47 Å². The number of hydrogen-bond acceptors (Lipinski definition) is 4. The van der Waals surface area contributed by atoms with Crippen molar-refractivity contribution in [2.24, 2.45) is 5.92 Å². The summed E-state index contributed by atoms with van der Waals surface area (Å²) in [4.78, 5) is 23.4. The number of ether oxygens (including phenoxy) is 2. The third-order valence-corrected chi connectivity index (χ3v) is 7.38. The molecule has 0 aliphatic heterocycles. The second kappa shape index (κ2) is 12.7. The molecule has 1 aliphatic rings. The van der Waals surface area contributed by atoms with Gasteiger partial charge in [-0.25, -0.2) is 14.0 Å². The highest BCUT2D eigenvalue weighted by atomic mass is 19.1. The van der Waals surface area contributed by atoms with Crippen molar-refractivity contribution in [1.29, 1.82) is 0 Å². The highest BCUT2D eigenvalue weighted by Gasteiger charge is 2.23. The minimum Gasteiger partial charge on any atom is -0.423 e. The molecule has 3 aromatic rings. The lowest BCUT2D eigenvalue weighted by Gasteiger charge is -2.29. The van der Waals surface area contributed by atoms with Crippen LogP contribution in [-0.2, 0) is 16.0 Å². The van der Waals surface area contributed by atoms with Crippen LogP contribution in [0.4, 0.5) is 4.39 Å². The van der Waals surface area contributed by atoms with Crippen LogP contribution in [0.3, 0.4) is 0 Å². The van der Waals surface area contributed by atoms with Crippen molar-refractivity contribution in [3.05, 3.63) is 108 Å². The molecule has 202 valence electrons. The summed E-state index contributed by atoms with van der Waals surface area (Å²) in [6.07, 6.45) is 6.16. The van der Waals surface area contributed by atoms with E-state index in [1.54, 1.807) is 32.0 Å². The summed E-state index contributed by atoms with van der Waals surface area (Å²) in [6, 6.07) is 20.2. The fraction of sp³-hybridized carbons (Fsp3) is 0.294. The fourth-order valence-electron chi connectivity index (χ4n) is 4.99. The van der Waals surface area contributed by atoms with Gasteiger partial charge in [0, 0.05) is 11.1 Å². The molecule has 0 radical (unpaired) electrons. The second-order valence-electron chi connectivity index (χ2n) is 10.5. The first kappa shape index (κ1) is 28.0. The molecular formula is C34H35FO4. The molecule has 0 N–H and O–H groups in total. The van der Waals surface area contributed by atoms with Crippen LogP contribution >= 0.6 is 0 Å². The summed E-state index contributed by atoms with van der Waals surface area (Å²) < 4.78 is 25.5. The van der Waals surface area contributed by atoms with E-state index < -0.39 is 11.9 Å². The van der Waals surface area contributed by atoms with Crippen molar-refractivity contribution in [2.45, 2.75) is 58.3 Å². The number of halogens is 1. The molecule has 0 bridgehead atoms. The van der Waals surface area contributed by atoms with Gasteiger partial charge in [0.1, 0.15) is 17.3 Å². The Morgan fingerprint density at radius 3 is 1.79 bits per heavy atom. The Balaban J connectivity index is 1.26. The predicted molar refractivity (Wildman–Crippen MR) is 152 cm³/mol. The number of esters is 2. The average molecular weight is 527 g/mol. The number of carbonyl (C=O) groups is 2. The molecule has 4 rings (SSSR count). The van der Waals surface area contributed by atoms with Crippen LogP contribution < -0.4 is 9.47 Å². The Hall–Kier alpha value is -3.99. The molecule has 0 unspecified atom stereocenters. The van der Waals surface area contributed by atoms with E-state index in [1.807, 2.05) is 48.5 Å². The maximum atomic E-state index is 15.0. The number of carbonyl (C=O) groups excluding carboxylic acids is 2. The van der Waals surface area contributed by atoms with E-state index in [4.69, 9.17) is 9.47 Å². The van der Waals surface area contributed by atoms with E-state index in [1.165, 1.54) is 5.56 Å². The first-order valence-electron chi connectivity index (χ1n) is 13.4. The molecule has 1 aliphatic carbocycles. The number of hydrogen-bond donors (Lipinski definition) is 0. The number of rotatable bonds is 9. The quantitative estimate of drug-likeness (QED) is 0.160. The predicted octanol–water partition coefficient (Wildman–Crippen LogP) is 8.36. The molecule has 0 amide bonds. The van der Waals surface area contributed by atoms with Gasteiger partial charge in [-0.3, -0.25) is 0 Å². The summed E-state index contributed by atoms with van der Waals surface area (Å²) in [5.74, 6) is 0.987. The minimum atomic E-state index is -0.468. The first-order valence-corrected chi connectivity index (χ1v) is 13.4. The Kier molecular flexibility index (Phi) is 9.13. The van der Waals surface area contributed by atoms with Gasteiger partial charge in [0.15, 0.2) is 0 Å². The summed E-state index contributed by atoms with van der Waals surface area (Å²) in [6.45, 7) is 10.4. The molecular weight excluding hydrogens is 491 g/mol. The topological polar surface area (TPSA) is 52.6 Å². The molecule has 0 heterocycles. The van der Waals surface area contributed by atoms with Gasteiger partial charge in [-0.1, -0.05) is 49.6 Å². The molecule has 3 aromatic carbocycles. The molecule has 5 heteroatoms. The third-order valence-electron chi connectivity index (χ3n) is 7.38. The van der Waals surface area contributed by atoms with Gasteiger partial charge in [-0.2, -0.15) is 0 Å². The molecule has 0 atom stereocenters. The van der Waals surface area contributed by atoms with Crippen LogP contribution in [-0.4, -0.2) is 11.9 Å². The summed E-state index contributed by atoms with van der Waals surface area (Å²) in [7, 11) is 0. The standard InChI is InChI=1S/C34H35FO4/c1-22(2)33(36)38-30-17-13-26(14-18-30)25-8-5-24(6-9-25)7-10-28-11-12-29(21-32(28)35)27-15-19-31(20-16-27)39-34(37)23(3)4/h11-21,24-25H,1,3,5-10H2,2,4H3. The molecule has 0 spiro atoms. The van der Waals surface area contributed by atoms with E-state index in [-0.39, 0.29) is 5.82 Å². The van der Waals surface area contributed by atoms with Crippen LogP contribution in [0.15, 0.2) is 91.0 Å². The van der Waals surface area contributed by atoms with E-state index in [0.717, 1.165) is 55.2 Å². The zero-order valence-electron chi connectivity index (χ0n) is 22.7. The fourth-order valence-corrected chi connectivity index (χ4v) is 4.99. The number of aryl methyl sites for hydroxylation is 1. The first-order chi connectivity index (χ1) is 18.7. The lowest BCUT2D eigenvalue weighted by molar-refractivity contribution is -0.130. The van der Waals surface area contributed by atoms with Gasteiger partial charge in [-0.05, 0) is 117 Å². The van der Waals surface area contributed by atoms with E-state index >= 15 is 0 Å². The molecule has 0 aromatic heterocycles. The Morgan fingerprint density at radius 2 is 1.28 bits per heavy atom. The van der Waals surface area contributed by atoms with Crippen LogP contribution in [0, 0.1) is 11.7 Å². The maximum absolute atomic E-state index is 15.0. The van der Waals surface area contributed by atoms with E-state index in [9.17, 15) is 14.0 Å². The molecule has 0 saturated heterocycles. The van der Waals surface area contributed by atoms with E-state index in [0.29, 0.717) is 34.5 Å². The molecule has 1 fully saturated rings. The van der Waals surface area contributed by atoms with Gasteiger partial charge in [0.25, 0.3) is 0 Å². The van der Waals surface area contributed by atoms with Crippen molar-refractivity contribution in [3.63, 3.8) is 0 Å². The lowest BCUT2D eigenvalue weighted by Crippen LogP contribution is -2.14. The summed E-state index contributed by atoms with van der Waals surface area (Å²) >= 11 is 0. The molecule has 39 heavy (non-hydrogen) atoms. The van der Waals surface area contributed by atoms with Crippen LogP contribution in [0.2, 0.25) is 0 Å². The monoisotopic (exact) mass is 526 g/mol. The largest absolute Gasteiger partial charge is 0.423 e. The van der Waals surface area contributed by atoms with Gasteiger partial charge in [-0.15, -0.1) is 0 Å². The summed E-state index contributed by atoms with van der Waals surface area (Å²) in [5.41, 5.74) is 4.37. The van der Waals surface area contributed by atoms with Crippen molar-refractivity contribution in [2.75, 3.05) is 0 Å². The van der Waals surface area contributed by atoms with Crippen LogP contribution in [0.5, 0.6) is 11.5 Å². The average Bonchev–Trinajstić information content (AvgIpc) is 2.93. The molecule has 1 saturated carbocycles. The zero-order chi connectivity index (χ0) is 27.9. The van der Waals surface area contributed by atoms with Crippen LogP contribution in [0.25, 0.3) is 11.1 Å². The lowest BCUT2D eigenvalue weighted by atomic mass is 9.77. The Labute approximate surface area is 230 Å². The SMILES string of the molecule is C=C(C)C(=O)Oc1ccc(-c2ccc(CCC3CCC(c4ccc(OC(=O)C(=C)C)cc4)CC3)c(F)c2)cc1. The molecule has 4 nitrogen and oxygen atoms in total. The van der Waals surface area contributed by atoms with Crippen LogP contribution in [0.1, 0.15) is 63.0 Å². The smallest absolute Gasteiger partial charge is 0.338 e. The normalized spacial score (nSPS) is 16.8. The Morgan fingerprint density at radius 1 is 0.769 bits per heavy atom. The highest BCUT2D eigenvalue weighted by molar-refractivity contribution is 5.89. The number of benzene rings is 3. The van der Waals surface area contributed by atoms with E-state index in [2.05, 4.69) is 13.2 Å². The highest BCUT2D eigenvalue weighted by Crippen LogP contribution is 2.38. The zero-order valence-corrected chi connectivity index (χ0v) is 22.7. The van der Waals surface area contributed by atoms with Crippen molar-refractivity contribution >= 4 is 11.9 Å². The minimum absolute atomic E-state index is 0.189. The third kappa shape index (κ3) is 7.53. The Bertz CT molecular complexity index is 1350. The van der Waals surface area contributed by atoms with Crippen molar-refractivity contribution in [3.8, 4) is 22.6 Å². The van der Waals surface area contributed by atoms with Gasteiger partial charge >= 0.3 is 11.9 Å². The van der Waals surface area contributed by atoms with Gasteiger partial charge in [0.2, 0.25) is 0 Å². The van der Waals surface area contributed by atoms with Crippen molar-refractivity contribution < 1.29 is 23.5 Å². The maximum Gasteiger partial charge on any atom is 0.338 e. The summed E-state index contributed by atoms with van der Waals surface area (Å²) in [5, 5.41) is 0. The van der Waals surface area contributed by atoms with Gasteiger partial charge in [0.05, 0.1) is 0 Å².